The van der Waals surface area contributed by atoms with E-state index in [2.05, 4.69) is 15.4 Å². The van der Waals surface area contributed by atoms with Gasteiger partial charge in [0.1, 0.15) is 0 Å². The SMILES string of the molecule is CCn1ncc2c(NC3CCOCC3)c(CN)c(C(F)(F)F)nc21. The molecule has 132 valence electrons. The fourth-order valence-corrected chi connectivity index (χ4v) is 3.00. The first kappa shape index (κ1) is 17.0. The number of hydrogen-bond acceptors (Lipinski definition) is 5. The van der Waals surface area contributed by atoms with Gasteiger partial charge in [-0.25, -0.2) is 9.67 Å². The normalized spacial score (nSPS) is 16.7. The first-order valence-corrected chi connectivity index (χ1v) is 7.95. The number of nitrogens with one attached hydrogen (secondary N) is 1. The number of alkyl halides is 3. The van der Waals surface area contributed by atoms with E-state index < -0.39 is 11.9 Å². The third kappa shape index (κ3) is 3.05. The van der Waals surface area contributed by atoms with Gasteiger partial charge in [0.05, 0.1) is 17.3 Å². The zero-order valence-electron chi connectivity index (χ0n) is 13.4. The van der Waals surface area contributed by atoms with Crippen LogP contribution in [0.5, 0.6) is 0 Å². The Bertz CT molecular complexity index is 722. The van der Waals surface area contributed by atoms with Gasteiger partial charge in [-0.15, -0.1) is 0 Å². The van der Waals surface area contributed by atoms with Crippen molar-refractivity contribution in [3.05, 3.63) is 17.5 Å². The molecule has 24 heavy (non-hydrogen) atoms. The van der Waals surface area contributed by atoms with Crippen LogP contribution in [0.25, 0.3) is 11.0 Å². The van der Waals surface area contributed by atoms with Gasteiger partial charge in [-0.1, -0.05) is 0 Å². The van der Waals surface area contributed by atoms with Crippen molar-refractivity contribution < 1.29 is 17.9 Å². The summed E-state index contributed by atoms with van der Waals surface area (Å²) in [7, 11) is 0. The van der Waals surface area contributed by atoms with Gasteiger partial charge in [0.2, 0.25) is 0 Å². The maximum absolute atomic E-state index is 13.5. The highest BCUT2D eigenvalue weighted by Gasteiger charge is 2.38. The highest BCUT2D eigenvalue weighted by Crippen LogP contribution is 2.38. The van der Waals surface area contributed by atoms with Crippen LogP contribution in [0.3, 0.4) is 0 Å². The monoisotopic (exact) mass is 343 g/mol. The molecule has 0 radical (unpaired) electrons. The van der Waals surface area contributed by atoms with Gasteiger partial charge >= 0.3 is 6.18 Å². The van der Waals surface area contributed by atoms with Crippen LogP contribution in [-0.2, 0) is 24.0 Å². The summed E-state index contributed by atoms with van der Waals surface area (Å²) in [6.07, 6.45) is -1.56. The van der Waals surface area contributed by atoms with Crippen LogP contribution in [0.4, 0.5) is 18.9 Å². The fourth-order valence-electron chi connectivity index (χ4n) is 3.00. The number of fused-ring (bicyclic) bond motifs is 1. The molecule has 0 amide bonds. The second kappa shape index (κ2) is 6.56. The first-order valence-electron chi connectivity index (χ1n) is 7.95. The number of ether oxygens (including phenoxy) is 1. The number of halogens is 3. The molecule has 0 spiro atoms. The number of nitrogens with zero attached hydrogens (tertiary/aromatic N) is 3. The zero-order valence-corrected chi connectivity index (χ0v) is 13.4. The Morgan fingerprint density at radius 1 is 1.38 bits per heavy atom. The molecule has 0 saturated carbocycles. The molecular formula is C15H20F3N5O. The summed E-state index contributed by atoms with van der Waals surface area (Å²) in [5, 5.41) is 7.95. The van der Waals surface area contributed by atoms with Crippen LogP contribution >= 0.6 is 0 Å². The van der Waals surface area contributed by atoms with Gasteiger partial charge in [-0.05, 0) is 19.8 Å². The average molecular weight is 343 g/mol. The smallest absolute Gasteiger partial charge is 0.381 e. The highest BCUT2D eigenvalue weighted by atomic mass is 19.4. The number of aromatic nitrogens is 3. The van der Waals surface area contributed by atoms with E-state index in [1.807, 2.05) is 6.92 Å². The van der Waals surface area contributed by atoms with Crippen LogP contribution in [-0.4, -0.2) is 34.0 Å². The third-order valence-corrected chi connectivity index (χ3v) is 4.23. The Kier molecular flexibility index (Phi) is 4.64. The number of anilines is 1. The molecule has 1 aliphatic heterocycles. The molecule has 2 aromatic heterocycles. The van der Waals surface area contributed by atoms with Gasteiger partial charge in [-0.2, -0.15) is 18.3 Å². The van der Waals surface area contributed by atoms with Crippen LogP contribution in [0, 0.1) is 0 Å². The number of rotatable bonds is 4. The van der Waals surface area contributed by atoms with Gasteiger partial charge in [0.15, 0.2) is 11.3 Å². The second-order valence-corrected chi connectivity index (χ2v) is 5.74. The van der Waals surface area contributed by atoms with Crippen molar-refractivity contribution in [3.63, 3.8) is 0 Å². The van der Waals surface area contributed by atoms with Crippen LogP contribution in [0.2, 0.25) is 0 Å². The van der Waals surface area contributed by atoms with Crippen molar-refractivity contribution in [2.45, 2.75) is 45.1 Å². The maximum atomic E-state index is 13.5. The molecule has 6 nitrogen and oxygen atoms in total. The summed E-state index contributed by atoms with van der Waals surface area (Å²) in [5.74, 6) is 0. The molecule has 0 unspecified atom stereocenters. The third-order valence-electron chi connectivity index (χ3n) is 4.23. The molecular weight excluding hydrogens is 323 g/mol. The van der Waals surface area contributed by atoms with Crippen molar-refractivity contribution in [2.24, 2.45) is 5.73 Å². The van der Waals surface area contributed by atoms with Crippen LogP contribution < -0.4 is 11.1 Å². The molecule has 0 bridgehead atoms. The predicted molar refractivity (Wildman–Crippen MR) is 83.6 cm³/mol. The standard InChI is InChI=1S/C15H20F3N5O/c1-2-23-14-11(8-20-23)12(21-9-3-5-24-6-4-9)10(7-19)13(22-14)15(16,17)18/h8-9H,2-7,19H2,1H3,(H,21,22). The minimum absolute atomic E-state index is 0.0165. The number of aryl methyl sites for hydroxylation is 1. The van der Waals surface area contributed by atoms with Crippen LogP contribution in [0.1, 0.15) is 31.0 Å². The van der Waals surface area contributed by atoms with Gasteiger partial charge in [0.25, 0.3) is 0 Å². The van der Waals surface area contributed by atoms with E-state index in [-0.39, 0.29) is 23.8 Å². The Hall–Kier alpha value is -1.87. The largest absolute Gasteiger partial charge is 0.433 e. The lowest BCUT2D eigenvalue weighted by molar-refractivity contribution is -0.141. The lowest BCUT2D eigenvalue weighted by Crippen LogP contribution is -2.29. The van der Waals surface area contributed by atoms with Crippen molar-refractivity contribution in [1.29, 1.82) is 0 Å². The van der Waals surface area contributed by atoms with E-state index in [9.17, 15) is 13.2 Å². The van der Waals surface area contributed by atoms with Gasteiger partial charge in [-0.3, -0.25) is 0 Å². The molecule has 3 N–H and O–H groups in total. The lowest BCUT2D eigenvalue weighted by atomic mass is 10.0. The summed E-state index contributed by atoms with van der Waals surface area (Å²) in [6, 6.07) is 0.0423. The lowest BCUT2D eigenvalue weighted by Gasteiger charge is -2.26. The van der Waals surface area contributed by atoms with E-state index >= 15 is 0 Å². The highest BCUT2D eigenvalue weighted by molar-refractivity contribution is 5.91. The van der Waals surface area contributed by atoms with Crippen molar-refractivity contribution >= 4 is 16.7 Å². The van der Waals surface area contributed by atoms with E-state index in [0.717, 1.165) is 12.8 Å². The second-order valence-electron chi connectivity index (χ2n) is 5.74. The zero-order chi connectivity index (χ0) is 17.3. The molecule has 0 aromatic carbocycles. The minimum Gasteiger partial charge on any atom is -0.381 e. The van der Waals surface area contributed by atoms with Crippen LogP contribution in [0.15, 0.2) is 6.20 Å². The summed E-state index contributed by atoms with van der Waals surface area (Å²) in [4.78, 5) is 3.83. The molecule has 0 atom stereocenters. The number of hydrogen-bond donors (Lipinski definition) is 2. The fraction of sp³-hybridized carbons (Fsp3) is 0.600. The van der Waals surface area contributed by atoms with E-state index in [1.165, 1.54) is 4.68 Å². The van der Waals surface area contributed by atoms with Crippen molar-refractivity contribution in [1.82, 2.24) is 14.8 Å². The molecule has 1 saturated heterocycles. The molecule has 3 rings (SSSR count). The summed E-state index contributed by atoms with van der Waals surface area (Å²) >= 11 is 0. The summed E-state index contributed by atoms with van der Waals surface area (Å²) < 4.78 is 47.2. The predicted octanol–water partition coefficient (Wildman–Crippen LogP) is 2.52. The van der Waals surface area contributed by atoms with E-state index in [0.29, 0.717) is 30.8 Å². The molecule has 1 aliphatic rings. The summed E-state index contributed by atoms with van der Waals surface area (Å²) in [6.45, 7) is 3.17. The maximum Gasteiger partial charge on any atom is 0.433 e. The minimum atomic E-state index is -4.57. The van der Waals surface area contributed by atoms with Gasteiger partial charge in [0, 0.05) is 37.9 Å². The number of nitrogens with two attached hydrogens (primary N) is 1. The topological polar surface area (TPSA) is 78.0 Å². The van der Waals surface area contributed by atoms with Crippen molar-refractivity contribution in [2.75, 3.05) is 18.5 Å². The Labute approximate surface area is 137 Å². The van der Waals surface area contributed by atoms with E-state index in [1.54, 1.807) is 6.20 Å². The first-order chi connectivity index (χ1) is 11.5. The van der Waals surface area contributed by atoms with Crippen molar-refractivity contribution in [3.8, 4) is 0 Å². The molecule has 2 aromatic rings. The van der Waals surface area contributed by atoms with E-state index in [4.69, 9.17) is 10.5 Å². The molecule has 3 heterocycles. The Morgan fingerprint density at radius 3 is 2.67 bits per heavy atom. The van der Waals surface area contributed by atoms with Gasteiger partial charge < -0.3 is 15.8 Å². The average Bonchev–Trinajstić information content (AvgIpc) is 2.97. The Balaban J connectivity index is 2.17. The number of pyridine rings is 1. The summed E-state index contributed by atoms with van der Waals surface area (Å²) in [5.41, 5.74) is 5.30. The molecule has 9 heteroatoms. The molecule has 1 fully saturated rings. The molecule has 0 aliphatic carbocycles. The quantitative estimate of drug-likeness (QED) is 0.892. The Morgan fingerprint density at radius 2 is 2.08 bits per heavy atom.